The minimum absolute atomic E-state index is 0.0300. The second-order valence-corrected chi connectivity index (χ2v) is 4.05. The molecule has 0 radical (unpaired) electrons. The SMILES string of the molecule is CC(=NOCCO)c1ccc(-c2ccncc2)cc1. The molecular weight excluding hydrogens is 240 g/mol. The summed E-state index contributed by atoms with van der Waals surface area (Å²) in [7, 11) is 0. The van der Waals surface area contributed by atoms with Crippen molar-refractivity contribution in [2.45, 2.75) is 6.92 Å². The molecule has 0 bridgehead atoms. The Balaban J connectivity index is 2.12. The summed E-state index contributed by atoms with van der Waals surface area (Å²) in [5, 5.41) is 12.5. The second-order valence-electron chi connectivity index (χ2n) is 4.05. The molecule has 4 nitrogen and oxygen atoms in total. The summed E-state index contributed by atoms with van der Waals surface area (Å²) in [6.45, 7) is 2.06. The third kappa shape index (κ3) is 3.63. The van der Waals surface area contributed by atoms with Crippen LogP contribution in [0.5, 0.6) is 0 Å². The molecule has 1 heterocycles. The molecule has 0 saturated heterocycles. The van der Waals surface area contributed by atoms with Crippen LogP contribution < -0.4 is 0 Å². The molecule has 0 unspecified atom stereocenters. The van der Waals surface area contributed by atoms with Crippen molar-refractivity contribution in [3.63, 3.8) is 0 Å². The molecule has 19 heavy (non-hydrogen) atoms. The van der Waals surface area contributed by atoms with Crippen LogP contribution in [0.1, 0.15) is 12.5 Å². The van der Waals surface area contributed by atoms with Crippen LogP contribution >= 0.6 is 0 Å². The first-order chi connectivity index (χ1) is 9.31. The zero-order valence-electron chi connectivity index (χ0n) is 10.8. The highest BCUT2D eigenvalue weighted by atomic mass is 16.6. The molecule has 0 fully saturated rings. The molecule has 2 aromatic rings. The lowest BCUT2D eigenvalue weighted by molar-refractivity contribution is 0.0986. The van der Waals surface area contributed by atoms with Gasteiger partial charge in [0.1, 0.15) is 6.61 Å². The zero-order valence-corrected chi connectivity index (χ0v) is 10.8. The standard InChI is InChI=1S/C15H16N2O2/c1-12(17-19-11-10-18)13-2-4-14(5-3-13)15-6-8-16-9-7-15/h2-9,18H,10-11H2,1H3. The van der Waals surface area contributed by atoms with Gasteiger partial charge in [-0.15, -0.1) is 0 Å². The average molecular weight is 256 g/mol. The monoisotopic (exact) mass is 256 g/mol. The number of aromatic nitrogens is 1. The highest BCUT2D eigenvalue weighted by Crippen LogP contribution is 2.18. The van der Waals surface area contributed by atoms with E-state index in [1.54, 1.807) is 12.4 Å². The quantitative estimate of drug-likeness (QED) is 0.508. The Hall–Kier alpha value is -2.20. The molecule has 1 aromatic carbocycles. The number of benzene rings is 1. The summed E-state index contributed by atoms with van der Waals surface area (Å²) in [6, 6.07) is 12.0. The first-order valence-electron chi connectivity index (χ1n) is 6.09. The Labute approximate surface area is 112 Å². The molecule has 0 aliphatic carbocycles. The van der Waals surface area contributed by atoms with E-state index in [0.717, 1.165) is 22.4 Å². The van der Waals surface area contributed by atoms with E-state index in [-0.39, 0.29) is 13.2 Å². The molecule has 0 saturated carbocycles. The highest BCUT2D eigenvalue weighted by Gasteiger charge is 2.00. The van der Waals surface area contributed by atoms with Crippen molar-refractivity contribution in [3.05, 3.63) is 54.4 Å². The largest absolute Gasteiger partial charge is 0.393 e. The van der Waals surface area contributed by atoms with Crippen molar-refractivity contribution >= 4 is 5.71 Å². The van der Waals surface area contributed by atoms with Crippen molar-refractivity contribution < 1.29 is 9.94 Å². The fourth-order valence-corrected chi connectivity index (χ4v) is 1.68. The van der Waals surface area contributed by atoms with E-state index >= 15 is 0 Å². The van der Waals surface area contributed by atoms with Crippen molar-refractivity contribution in [2.75, 3.05) is 13.2 Å². The first-order valence-corrected chi connectivity index (χ1v) is 6.09. The highest BCUT2D eigenvalue weighted by molar-refractivity contribution is 5.98. The van der Waals surface area contributed by atoms with Crippen LogP contribution in [-0.2, 0) is 4.84 Å². The topological polar surface area (TPSA) is 54.7 Å². The predicted octanol–water partition coefficient (Wildman–Crippen LogP) is 2.48. The van der Waals surface area contributed by atoms with Gasteiger partial charge in [0, 0.05) is 12.4 Å². The van der Waals surface area contributed by atoms with Crippen molar-refractivity contribution in [1.82, 2.24) is 4.98 Å². The fraction of sp³-hybridized carbons (Fsp3) is 0.200. The van der Waals surface area contributed by atoms with Crippen LogP contribution in [0.4, 0.5) is 0 Å². The normalized spacial score (nSPS) is 11.4. The third-order valence-corrected chi connectivity index (χ3v) is 2.70. The molecule has 0 atom stereocenters. The van der Waals surface area contributed by atoms with Gasteiger partial charge in [-0.1, -0.05) is 29.4 Å². The number of hydrogen-bond acceptors (Lipinski definition) is 4. The Bertz CT molecular complexity index is 536. The van der Waals surface area contributed by atoms with Gasteiger partial charge in [-0.3, -0.25) is 4.98 Å². The number of rotatable bonds is 5. The first kappa shape index (κ1) is 13.2. The second kappa shape index (κ2) is 6.66. The number of oxime groups is 1. The van der Waals surface area contributed by atoms with E-state index in [2.05, 4.69) is 10.1 Å². The molecule has 0 spiro atoms. The number of pyridine rings is 1. The molecule has 0 aliphatic rings. The smallest absolute Gasteiger partial charge is 0.140 e. The van der Waals surface area contributed by atoms with Crippen LogP contribution in [0.15, 0.2) is 53.9 Å². The van der Waals surface area contributed by atoms with Gasteiger partial charge in [0.2, 0.25) is 0 Å². The molecule has 98 valence electrons. The van der Waals surface area contributed by atoms with E-state index in [0.29, 0.717) is 0 Å². The van der Waals surface area contributed by atoms with Crippen LogP contribution in [0, 0.1) is 0 Å². The molecule has 1 N–H and O–H groups in total. The van der Waals surface area contributed by atoms with Gasteiger partial charge in [-0.2, -0.15) is 0 Å². The van der Waals surface area contributed by atoms with Gasteiger partial charge in [-0.25, -0.2) is 0 Å². The van der Waals surface area contributed by atoms with Gasteiger partial charge in [0.15, 0.2) is 0 Å². The van der Waals surface area contributed by atoms with Crippen LogP contribution in [0.25, 0.3) is 11.1 Å². The lowest BCUT2D eigenvalue weighted by Crippen LogP contribution is -1.99. The Kier molecular flexibility index (Phi) is 4.64. The van der Waals surface area contributed by atoms with Crippen molar-refractivity contribution in [2.24, 2.45) is 5.16 Å². The molecule has 2 rings (SSSR count). The van der Waals surface area contributed by atoms with Crippen LogP contribution in [-0.4, -0.2) is 29.0 Å². The van der Waals surface area contributed by atoms with E-state index in [1.807, 2.05) is 43.3 Å². The minimum Gasteiger partial charge on any atom is -0.393 e. The Morgan fingerprint density at radius 2 is 1.74 bits per heavy atom. The summed E-state index contributed by atoms with van der Waals surface area (Å²) in [5.74, 6) is 0. The summed E-state index contributed by atoms with van der Waals surface area (Å²) in [5.41, 5.74) is 4.05. The van der Waals surface area contributed by atoms with E-state index in [1.165, 1.54) is 0 Å². The van der Waals surface area contributed by atoms with Crippen LogP contribution in [0.2, 0.25) is 0 Å². The number of nitrogens with zero attached hydrogens (tertiary/aromatic N) is 2. The molecular formula is C15H16N2O2. The lowest BCUT2D eigenvalue weighted by atomic mass is 10.0. The molecule has 1 aromatic heterocycles. The lowest BCUT2D eigenvalue weighted by Gasteiger charge is -2.04. The maximum Gasteiger partial charge on any atom is 0.140 e. The predicted molar refractivity (Wildman–Crippen MR) is 74.9 cm³/mol. The van der Waals surface area contributed by atoms with Gasteiger partial charge >= 0.3 is 0 Å². The maximum atomic E-state index is 8.61. The van der Waals surface area contributed by atoms with Gasteiger partial charge < -0.3 is 9.94 Å². The van der Waals surface area contributed by atoms with Gasteiger partial charge in [0.05, 0.1) is 12.3 Å². The summed E-state index contributed by atoms with van der Waals surface area (Å²) in [6.07, 6.45) is 3.55. The maximum absolute atomic E-state index is 8.61. The summed E-state index contributed by atoms with van der Waals surface area (Å²) >= 11 is 0. The van der Waals surface area contributed by atoms with Crippen LogP contribution in [0.3, 0.4) is 0 Å². The fourth-order valence-electron chi connectivity index (χ4n) is 1.68. The zero-order chi connectivity index (χ0) is 13.5. The minimum atomic E-state index is -0.0300. The molecule has 0 amide bonds. The Morgan fingerprint density at radius 3 is 2.37 bits per heavy atom. The van der Waals surface area contributed by atoms with Gasteiger partial charge in [0.25, 0.3) is 0 Å². The van der Waals surface area contributed by atoms with E-state index < -0.39 is 0 Å². The number of aliphatic hydroxyl groups excluding tert-OH is 1. The van der Waals surface area contributed by atoms with E-state index in [4.69, 9.17) is 9.94 Å². The van der Waals surface area contributed by atoms with Crippen molar-refractivity contribution in [1.29, 1.82) is 0 Å². The summed E-state index contributed by atoms with van der Waals surface area (Å²) < 4.78 is 0. The Morgan fingerprint density at radius 1 is 1.11 bits per heavy atom. The molecule has 4 heteroatoms. The van der Waals surface area contributed by atoms with Crippen molar-refractivity contribution in [3.8, 4) is 11.1 Å². The van der Waals surface area contributed by atoms with E-state index in [9.17, 15) is 0 Å². The average Bonchev–Trinajstić information content (AvgIpc) is 2.48. The summed E-state index contributed by atoms with van der Waals surface area (Å²) in [4.78, 5) is 8.95. The third-order valence-electron chi connectivity index (χ3n) is 2.70. The number of aliphatic hydroxyl groups is 1. The molecule has 0 aliphatic heterocycles. The number of hydrogen-bond donors (Lipinski definition) is 1. The van der Waals surface area contributed by atoms with Gasteiger partial charge in [-0.05, 0) is 35.7 Å².